The number of hydrogen-bond acceptors (Lipinski definition) is 6. The number of urea groups is 1. The van der Waals surface area contributed by atoms with Gasteiger partial charge >= 0.3 is 6.03 Å². The molecule has 0 radical (unpaired) electrons. The number of nitrogens with two attached hydrogens (primary N) is 1. The summed E-state index contributed by atoms with van der Waals surface area (Å²) < 4.78 is 38.8. The van der Waals surface area contributed by atoms with E-state index < -0.39 is 15.9 Å². The zero-order chi connectivity index (χ0) is 23.9. The molecular formula is C22H20FN7O3S. The van der Waals surface area contributed by atoms with Gasteiger partial charge in [-0.15, -0.1) is 4.36 Å². The number of nitrogens with one attached hydrogen (secondary N) is 1. The van der Waals surface area contributed by atoms with Crippen LogP contribution < -0.4 is 15.2 Å². The maximum absolute atomic E-state index is 14.8. The molecule has 1 aromatic carbocycles. The number of hydrogen-bond donors (Lipinski definition) is 2. The molecule has 3 aromatic rings. The standard InChI is InChI=1S/C22H20FN7O3S/c23-18-10-17(13-5-6-26-14(9-13)11-24)20(16-4-1-3-15(16)18)28-22(31)29-34(25,32)19-12-27-30-7-2-8-33-21(19)30/h5-6,9-10,12H,1-4,7-8H2,(H3,25,28,29,31,32)/t34-/m0/s1. The zero-order valence-corrected chi connectivity index (χ0v) is 18.8. The number of amides is 2. The first-order valence-electron chi connectivity index (χ1n) is 10.6. The lowest BCUT2D eigenvalue weighted by Gasteiger charge is -2.17. The van der Waals surface area contributed by atoms with Gasteiger partial charge in [-0.1, -0.05) is 0 Å². The van der Waals surface area contributed by atoms with Crippen molar-refractivity contribution < 1.29 is 18.1 Å². The van der Waals surface area contributed by atoms with E-state index in [1.165, 1.54) is 29.2 Å². The molecule has 10 nitrogen and oxygen atoms in total. The highest BCUT2D eigenvalue weighted by Crippen LogP contribution is 2.39. The van der Waals surface area contributed by atoms with Gasteiger partial charge in [0.15, 0.2) is 9.92 Å². The monoisotopic (exact) mass is 481 g/mol. The van der Waals surface area contributed by atoms with Crippen LogP contribution in [-0.4, -0.2) is 31.6 Å². The molecule has 0 fully saturated rings. The number of rotatable bonds is 3. The van der Waals surface area contributed by atoms with E-state index in [2.05, 4.69) is 19.8 Å². The van der Waals surface area contributed by atoms with Crippen LogP contribution in [0.2, 0.25) is 0 Å². The Hall–Kier alpha value is -3.82. The van der Waals surface area contributed by atoms with Crippen molar-refractivity contribution >= 4 is 21.6 Å². The van der Waals surface area contributed by atoms with Crippen molar-refractivity contribution in [1.82, 2.24) is 14.8 Å². The Morgan fingerprint density at radius 2 is 2.15 bits per heavy atom. The highest BCUT2D eigenvalue weighted by molar-refractivity contribution is 7.91. The molecule has 12 heteroatoms. The molecule has 1 atom stereocenters. The van der Waals surface area contributed by atoms with Crippen LogP contribution in [0.4, 0.5) is 14.9 Å². The third-order valence-corrected chi connectivity index (χ3v) is 7.16. The van der Waals surface area contributed by atoms with Crippen LogP contribution in [0.5, 0.6) is 5.88 Å². The number of nitrogens with zero attached hydrogens (tertiary/aromatic N) is 5. The largest absolute Gasteiger partial charge is 0.477 e. The molecule has 1 aliphatic carbocycles. The molecule has 0 saturated carbocycles. The average molecular weight is 482 g/mol. The second kappa shape index (κ2) is 8.51. The third-order valence-electron chi connectivity index (χ3n) is 5.81. The van der Waals surface area contributed by atoms with E-state index in [-0.39, 0.29) is 22.3 Å². The average Bonchev–Trinajstić information content (AvgIpc) is 3.49. The van der Waals surface area contributed by atoms with E-state index in [0.717, 1.165) is 12.8 Å². The predicted molar refractivity (Wildman–Crippen MR) is 121 cm³/mol. The highest BCUT2D eigenvalue weighted by atomic mass is 32.2. The molecule has 0 bridgehead atoms. The fourth-order valence-electron chi connectivity index (χ4n) is 4.31. The Bertz CT molecular complexity index is 1480. The van der Waals surface area contributed by atoms with Crippen LogP contribution in [0, 0.1) is 17.1 Å². The van der Waals surface area contributed by atoms with E-state index in [1.54, 1.807) is 6.07 Å². The first-order chi connectivity index (χ1) is 16.4. The summed E-state index contributed by atoms with van der Waals surface area (Å²) in [4.78, 5) is 16.9. The van der Waals surface area contributed by atoms with Gasteiger partial charge in [0.1, 0.15) is 22.5 Å². The lowest BCUT2D eigenvalue weighted by Crippen LogP contribution is -2.21. The molecule has 0 saturated heterocycles. The minimum atomic E-state index is -3.66. The fraction of sp³-hybridized carbons (Fsp3) is 0.273. The summed E-state index contributed by atoms with van der Waals surface area (Å²) in [6.07, 6.45) is 5.29. The van der Waals surface area contributed by atoms with Gasteiger partial charge in [-0.25, -0.2) is 28.2 Å². The van der Waals surface area contributed by atoms with Crippen molar-refractivity contribution in [3.05, 3.63) is 53.2 Å². The summed E-state index contributed by atoms with van der Waals surface area (Å²) in [5.41, 5.74) is 2.53. The summed E-state index contributed by atoms with van der Waals surface area (Å²) in [5.74, 6) is -0.154. The number of carbonyl (C=O) groups is 1. The molecule has 2 aliphatic rings. The number of nitriles is 1. The van der Waals surface area contributed by atoms with Gasteiger partial charge in [0.25, 0.3) is 0 Å². The van der Waals surface area contributed by atoms with Gasteiger partial charge in [0, 0.05) is 24.7 Å². The molecule has 2 aromatic heterocycles. The van der Waals surface area contributed by atoms with Crippen LogP contribution in [0.25, 0.3) is 11.1 Å². The minimum Gasteiger partial charge on any atom is -0.477 e. The normalized spacial score (nSPS) is 15.9. The van der Waals surface area contributed by atoms with E-state index in [0.29, 0.717) is 53.9 Å². The Labute approximate surface area is 194 Å². The van der Waals surface area contributed by atoms with Gasteiger partial charge in [-0.2, -0.15) is 10.4 Å². The van der Waals surface area contributed by atoms with Crippen molar-refractivity contribution in [2.75, 3.05) is 11.9 Å². The molecule has 0 spiro atoms. The second-order valence-electron chi connectivity index (χ2n) is 7.96. The summed E-state index contributed by atoms with van der Waals surface area (Å²) in [7, 11) is -3.66. The third kappa shape index (κ3) is 3.89. The lowest BCUT2D eigenvalue weighted by molar-refractivity contribution is 0.224. The van der Waals surface area contributed by atoms with Crippen molar-refractivity contribution in [1.29, 1.82) is 5.26 Å². The maximum atomic E-state index is 14.8. The van der Waals surface area contributed by atoms with Gasteiger partial charge in [-0.3, -0.25) is 0 Å². The Morgan fingerprint density at radius 1 is 1.32 bits per heavy atom. The van der Waals surface area contributed by atoms with Crippen LogP contribution >= 0.6 is 0 Å². The van der Waals surface area contributed by atoms with Crippen LogP contribution in [0.3, 0.4) is 0 Å². The number of aromatic nitrogens is 3. The number of fused-ring (bicyclic) bond motifs is 2. The summed E-state index contributed by atoms with van der Waals surface area (Å²) in [6, 6.07) is 5.45. The van der Waals surface area contributed by atoms with Crippen molar-refractivity contribution in [3.63, 3.8) is 0 Å². The number of carbonyl (C=O) groups excluding carboxylic acids is 1. The number of anilines is 1. The van der Waals surface area contributed by atoms with E-state index in [1.807, 2.05) is 6.07 Å². The van der Waals surface area contributed by atoms with Gasteiger partial charge in [-0.05, 0) is 54.2 Å². The Morgan fingerprint density at radius 3 is 2.97 bits per heavy atom. The molecule has 5 rings (SSSR count). The molecule has 1 aliphatic heterocycles. The van der Waals surface area contributed by atoms with Gasteiger partial charge in [0.05, 0.1) is 18.5 Å². The fourth-order valence-corrected chi connectivity index (χ4v) is 5.31. The van der Waals surface area contributed by atoms with E-state index in [4.69, 9.17) is 9.88 Å². The summed E-state index contributed by atoms with van der Waals surface area (Å²) in [6.45, 7) is 1.00. The predicted octanol–water partition coefficient (Wildman–Crippen LogP) is 3.16. The topological polar surface area (TPSA) is 148 Å². The molecular weight excluding hydrogens is 461 g/mol. The van der Waals surface area contributed by atoms with E-state index in [9.17, 15) is 18.7 Å². The Balaban J connectivity index is 1.56. The molecule has 3 heterocycles. The van der Waals surface area contributed by atoms with Crippen LogP contribution in [0.1, 0.15) is 29.7 Å². The minimum absolute atomic E-state index is 0.0414. The number of aryl methyl sites for hydroxylation is 1. The smallest absolute Gasteiger partial charge is 0.354 e. The lowest BCUT2D eigenvalue weighted by atomic mass is 9.97. The zero-order valence-electron chi connectivity index (χ0n) is 18.0. The SMILES string of the molecule is N#Cc1cc(-c2cc(F)c3c(c2NC(=O)N=[S@](N)(=O)c2cnn4c2OCCC4)CCC3)ccn1. The summed E-state index contributed by atoms with van der Waals surface area (Å²) >= 11 is 0. The van der Waals surface area contributed by atoms with Crippen LogP contribution in [0.15, 0.2) is 39.9 Å². The van der Waals surface area contributed by atoms with Crippen LogP contribution in [-0.2, 0) is 29.3 Å². The molecule has 3 N–H and O–H groups in total. The molecule has 174 valence electrons. The first kappa shape index (κ1) is 22.0. The maximum Gasteiger partial charge on any atom is 0.354 e. The van der Waals surface area contributed by atoms with Gasteiger partial charge in [0.2, 0.25) is 5.88 Å². The molecule has 34 heavy (non-hydrogen) atoms. The number of pyridine rings is 1. The highest BCUT2D eigenvalue weighted by Gasteiger charge is 2.27. The Kier molecular flexibility index (Phi) is 5.51. The molecule has 2 amide bonds. The number of halogens is 1. The molecule has 0 unspecified atom stereocenters. The van der Waals surface area contributed by atoms with Crippen molar-refractivity contribution in [3.8, 4) is 23.1 Å². The number of ether oxygens (including phenoxy) is 1. The number of benzene rings is 1. The first-order valence-corrected chi connectivity index (χ1v) is 12.2. The van der Waals surface area contributed by atoms with Gasteiger partial charge < -0.3 is 10.1 Å². The van der Waals surface area contributed by atoms with Crippen molar-refractivity contribution in [2.45, 2.75) is 37.1 Å². The second-order valence-corrected chi connectivity index (χ2v) is 9.72. The summed E-state index contributed by atoms with van der Waals surface area (Å²) in [5, 5.41) is 21.9. The van der Waals surface area contributed by atoms with Crippen molar-refractivity contribution in [2.24, 2.45) is 9.50 Å². The van der Waals surface area contributed by atoms with E-state index >= 15 is 0 Å². The quantitative estimate of drug-likeness (QED) is 0.587.